The molecule has 0 atom stereocenters. The van der Waals surface area contributed by atoms with E-state index >= 15 is 0 Å². The van der Waals surface area contributed by atoms with Crippen molar-refractivity contribution in [2.75, 3.05) is 13.2 Å². The number of hydrogen-bond donors (Lipinski definition) is 2. The molecule has 542 valence electrons. The summed E-state index contributed by atoms with van der Waals surface area (Å²) in [6.45, 7) is 59.2. The van der Waals surface area contributed by atoms with Crippen LogP contribution in [0.3, 0.4) is 0 Å². The second-order valence-corrected chi connectivity index (χ2v) is 38.1. The van der Waals surface area contributed by atoms with E-state index in [4.69, 9.17) is 9.47 Å². The van der Waals surface area contributed by atoms with Crippen molar-refractivity contribution in [2.45, 2.75) is 210 Å². The number of ether oxygens (including phenoxy) is 2. The van der Waals surface area contributed by atoms with Gasteiger partial charge in [-0.1, -0.05) is 189 Å². The van der Waals surface area contributed by atoms with Crippen LogP contribution in [0.4, 0.5) is 0 Å². The number of unbranched alkanes of at least 4 members (excludes halogenated alkanes) is 1. The summed E-state index contributed by atoms with van der Waals surface area (Å²) in [4.78, 5) is 1.66. The Morgan fingerprint density at radius 3 is 0.864 bits per heavy atom. The Bertz CT molecular complexity index is 4460. The summed E-state index contributed by atoms with van der Waals surface area (Å²) < 4.78 is 15.3. The van der Waals surface area contributed by atoms with Gasteiger partial charge in [0.05, 0.1) is 54.3 Å². The molecule has 0 aliphatic rings. The van der Waals surface area contributed by atoms with E-state index in [0.29, 0.717) is 13.2 Å². The molecule has 0 spiro atoms. The van der Waals surface area contributed by atoms with Crippen molar-refractivity contribution in [3.8, 4) is 55.3 Å². The summed E-state index contributed by atoms with van der Waals surface area (Å²) >= 11 is 3.19. The summed E-state index contributed by atoms with van der Waals surface area (Å²) in [7, 11) is 0. The minimum atomic E-state index is -0.121. The molecule has 12 aromatic rings. The third-order valence-electron chi connectivity index (χ3n) is 19.8. The molecule has 0 aliphatic carbocycles. The Kier molecular flexibility index (Phi) is 23.7. The molecular weight excluding hydrogens is 1380 g/mol. The number of aromatic nitrogens is 2. The Hall–Kier alpha value is -7.42. The third kappa shape index (κ3) is 18.5. The molecule has 12 rings (SSSR count). The van der Waals surface area contributed by atoms with E-state index < -0.39 is 0 Å². The normalized spacial score (nSPS) is 12.7. The molecule has 0 fully saturated rings. The number of hydrogen-bond acceptors (Lipinski definition) is 4. The van der Waals surface area contributed by atoms with Gasteiger partial charge in [0.25, 0.3) is 11.5 Å². The molecule has 0 radical (unpaired) electrons. The summed E-state index contributed by atoms with van der Waals surface area (Å²) in [5.74, 6) is 2.32. The van der Waals surface area contributed by atoms with Gasteiger partial charge in [-0.25, -0.2) is 0 Å². The first-order valence-electron chi connectivity index (χ1n) is 36.7. The zero-order valence-corrected chi connectivity index (χ0v) is 70.1. The van der Waals surface area contributed by atoms with Crippen LogP contribution in [0.15, 0.2) is 181 Å². The van der Waals surface area contributed by atoms with Crippen molar-refractivity contribution in [2.24, 2.45) is 10.8 Å². The Morgan fingerprint density at radius 1 is 0.350 bits per heavy atom. The van der Waals surface area contributed by atoms with Crippen molar-refractivity contribution in [3.63, 3.8) is 0 Å². The molecule has 0 aliphatic heterocycles. The SMILES string of the molecule is CC(C)(C)CC(C)(C)c1ccc([OH+]CCCC[OH+]c2ccc(C(C)(C)CC(C)(C)C)cc2-c2scc(-n3c4ccc(C(C)(C)C)cc4c4cc(C(C)(C)C)ccc43)c2O)c(-c2scc(-n3c4ccc(C(C)(C)C)cc4c4cc(C(C)(C)C)ccc43)c2O)c1.[CH2-]c1ccccc1.[CH2-]c1ccccc1.[Zr]. The summed E-state index contributed by atoms with van der Waals surface area (Å²) in [5.41, 5.74) is 17.5. The van der Waals surface area contributed by atoms with Crippen LogP contribution in [0.2, 0.25) is 0 Å². The first kappa shape index (κ1) is 79.7. The maximum Gasteiger partial charge on any atom is 0.263 e. The van der Waals surface area contributed by atoms with Gasteiger partial charge in [0.15, 0.2) is 24.7 Å². The minimum absolute atomic E-state index is 0. The molecule has 4 heterocycles. The monoisotopic (exact) mass is 1490 g/mol. The molecule has 0 amide bonds. The van der Waals surface area contributed by atoms with Crippen LogP contribution in [0.1, 0.15) is 223 Å². The van der Waals surface area contributed by atoms with Crippen molar-refractivity contribution < 1.29 is 45.9 Å². The molecule has 9 heteroatoms. The van der Waals surface area contributed by atoms with Crippen LogP contribution >= 0.6 is 22.7 Å². The van der Waals surface area contributed by atoms with Crippen LogP contribution in [-0.2, 0) is 58.7 Å². The largest absolute Gasteiger partial charge is 0.582 e. The molecule has 0 bridgehead atoms. The van der Waals surface area contributed by atoms with E-state index in [1.54, 1.807) is 22.7 Å². The molecule has 4 N–H and O–H groups in total. The number of thiophene rings is 2. The molecule has 6 nitrogen and oxygen atoms in total. The fourth-order valence-electron chi connectivity index (χ4n) is 14.8. The Balaban J connectivity index is 0.000000734. The smallest absolute Gasteiger partial charge is 0.263 e. The number of rotatable bonds is 15. The quantitative estimate of drug-likeness (QED) is 0.0610. The summed E-state index contributed by atoms with van der Waals surface area (Å²) in [6, 6.07) is 60.7. The zero-order chi connectivity index (χ0) is 74.5. The van der Waals surface area contributed by atoms with E-state index in [1.165, 1.54) is 54.9 Å². The molecule has 0 unspecified atom stereocenters. The maximum absolute atomic E-state index is 12.7. The fraction of sp³-hybridized carbons (Fsp3) is 0.383. The average molecular weight is 1490 g/mol. The van der Waals surface area contributed by atoms with Crippen LogP contribution < -0.4 is 0 Å². The van der Waals surface area contributed by atoms with Crippen molar-refractivity contribution >= 4 is 66.3 Å². The van der Waals surface area contributed by atoms with E-state index in [2.05, 4.69) is 295 Å². The summed E-state index contributed by atoms with van der Waals surface area (Å²) in [5, 5.41) is 34.5. The van der Waals surface area contributed by atoms with Gasteiger partial charge in [0.2, 0.25) is 0 Å². The minimum Gasteiger partial charge on any atom is -0.582 e. The van der Waals surface area contributed by atoms with E-state index in [-0.39, 0.29) is 81.0 Å². The van der Waals surface area contributed by atoms with Gasteiger partial charge in [-0.3, -0.25) is 0 Å². The Morgan fingerprint density at radius 2 is 0.621 bits per heavy atom. The third-order valence-corrected chi connectivity index (χ3v) is 21.8. The van der Waals surface area contributed by atoms with Gasteiger partial charge in [-0.2, -0.15) is 49.2 Å². The number of aromatic hydroxyl groups is 4. The fourth-order valence-corrected chi connectivity index (χ4v) is 16.7. The molecule has 0 saturated heterocycles. The summed E-state index contributed by atoms with van der Waals surface area (Å²) in [6.07, 6.45) is 3.66. The molecular formula is C94H116N2O4S2Zr. The van der Waals surface area contributed by atoms with Gasteiger partial charge in [0.1, 0.15) is 0 Å². The van der Waals surface area contributed by atoms with E-state index in [0.717, 1.165) is 103 Å². The predicted molar refractivity (Wildman–Crippen MR) is 445 cm³/mol. The predicted octanol–water partition coefficient (Wildman–Crippen LogP) is 27.1. The van der Waals surface area contributed by atoms with Gasteiger partial charge in [-0.15, -0.1) is 46.9 Å². The van der Waals surface area contributed by atoms with E-state index in [1.807, 2.05) is 60.7 Å². The topological polar surface area (TPSA) is 75.9 Å². The van der Waals surface area contributed by atoms with Crippen molar-refractivity contribution in [1.82, 2.24) is 9.13 Å². The Labute approximate surface area is 645 Å². The molecule has 4 aromatic heterocycles. The van der Waals surface area contributed by atoms with Crippen LogP contribution in [0, 0.1) is 24.7 Å². The standard InChI is InChI=1S/C80H100N2O4S2.2C7H7.Zr/c1-73(2,3)47-79(19,20)53-29-35-67(59(43-53)71-69(83)65(45-87-71)81-61-31-25-49(75(7,8)9)39-55(61)56-40-50(76(10,11)12)26-32-62(56)81)85-37-23-24-38-86-68-36-30-54(80(21,22)48-74(4,5)6)44-60(68)72-70(84)66(46-88-72)82-63-33-27-51(77(13,14)15)41-57(63)58-42-52(78(16,17)18)28-34-64(58)82;2*1-7-5-3-2-4-6-7;/h25-36,39-46,83-84H,23-24,37-38,47-48H2,1-22H3;2*2-6H,1H2;/q;2*-1;/p+2. The number of nitrogens with zero attached hydrogens (tertiary/aromatic N) is 2. The van der Waals surface area contributed by atoms with Crippen LogP contribution in [-0.4, -0.2) is 42.0 Å². The molecule has 103 heavy (non-hydrogen) atoms. The van der Waals surface area contributed by atoms with Gasteiger partial charge in [0, 0.05) is 83.5 Å². The van der Waals surface area contributed by atoms with Crippen molar-refractivity contribution in [1.29, 1.82) is 0 Å². The van der Waals surface area contributed by atoms with E-state index in [9.17, 15) is 10.2 Å². The average Bonchev–Trinajstić information content (AvgIpc) is 1.58. The van der Waals surface area contributed by atoms with Crippen LogP contribution in [0.25, 0.3) is 75.9 Å². The first-order chi connectivity index (χ1) is 47.5. The van der Waals surface area contributed by atoms with Gasteiger partial charge < -0.3 is 28.8 Å². The van der Waals surface area contributed by atoms with Gasteiger partial charge >= 0.3 is 0 Å². The van der Waals surface area contributed by atoms with Gasteiger partial charge in [-0.05, 0) is 162 Å². The number of fused-ring (bicyclic) bond motifs is 6. The van der Waals surface area contributed by atoms with Crippen LogP contribution in [0.5, 0.6) is 23.0 Å². The zero-order valence-electron chi connectivity index (χ0n) is 66.0. The maximum atomic E-state index is 12.7. The second kappa shape index (κ2) is 30.6. The second-order valence-electron chi connectivity index (χ2n) is 36.3. The first-order valence-corrected chi connectivity index (χ1v) is 38.5. The van der Waals surface area contributed by atoms with Crippen molar-refractivity contribution in [3.05, 3.63) is 239 Å². The number of aliphatic hydroxyl groups is 2. The number of benzene rings is 8. The molecule has 8 aromatic carbocycles. The molecule has 0 saturated carbocycles.